The predicted molar refractivity (Wildman–Crippen MR) is 124 cm³/mol. The van der Waals surface area contributed by atoms with Gasteiger partial charge >= 0.3 is 11.9 Å². The molecule has 0 aromatic heterocycles. The topological polar surface area (TPSA) is 93.1 Å². The first-order chi connectivity index (χ1) is 15.4. The van der Waals surface area contributed by atoms with Gasteiger partial charge in [0.2, 0.25) is 0 Å². The van der Waals surface area contributed by atoms with Crippen LogP contribution < -0.4 is 0 Å². The summed E-state index contributed by atoms with van der Waals surface area (Å²) in [6.45, 7) is 3.95. The lowest BCUT2D eigenvalue weighted by atomic mass is 9.92. The number of aliphatic hydroxyl groups excluding tert-OH is 2. The highest BCUT2D eigenvalue weighted by Gasteiger charge is 2.34. The fraction of sp³-hybridized carbons (Fsp3) is 0.769. The van der Waals surface area contributed by atoms with Gasteiger partial charge in [0.25, 0.3) is 0 Å². The van der Waals surface area contributed by atoms with Crippen molar-refractivity contribution in [2.45, 2.75) is 110 Å². The lowest BCUT2D eigenvalue weighted by molar-refractivity contribution is -0.144. The molecule has 0 heterocycles. The molecule has 0 aromatic carbocycles. The second kappa shape index (κ2) is 14.5. The van der Waals surface area contributed by atoms with E-state index in [1.54, 1.807) is 0 Å². The molecule has 0 bridgehead atoms. The van der Waals surface area contributed by atoms with Crippen LogP contribution in [0, 0.1) is 11.8 Å². The Kier molecular flexibility index (Phi) is 12.0. The molecule has 2 aliphatic carbocycles. The van der Waals surface area contributed by atoms with Crippen LogP contribution in [0.3, 0.4) is 0 Å². The Morgan fingerprint density at radius 2 is 1.84 bits per heavy atom. The smallest absolute Gasteiger partial charge is 0.307 e. The van der Waals surface area contributed by atoms with E-state index in [4.69, 9.17) is 9.47 Å². The molecule has 0 aromatic rings. The van der Waals surface area contributed by atoms with Crippen LogP contribution in [0.25, 0.3) is 0 Å². The van der Waals surface area contributed by atoms with E-state index in [2.05, 4.69) is 6.92 Å². The summed E-state index contributed by atoms with van der Waals surface area (Å²) >= 11 is 0. The number of hydrogen-bond acceptors (Lipinski definition) is 6. The van der Waals surface area contributed by atoms with Gasteiger partial charge in [0.15, 0.2) is 0 Å². The van der Waals surface area contributed by atoms with Crippen LogP contribution in [0.5, 0.6) is 0 Å². The van der Waals surface area contributed by atoms with Gasteiger partial charge in [-0.15, -0.1) is 0 Å². The molecule has 1 fully saturated rings. The van der Waals surface area contributed by atoms with Crippen molar-refractivity contribution in [3.8, 4) is 0 Å². The van der Waals surface area contributed by atoms with E-state index in [1.807, 2.05) is 12.2 Å². The van der Waals surface area contributed by atoms with Crippen molar-refractivity contribution in [1.29, 1.82) is 0 Å². The largest absolute Gasteiger partial charge is 0.466 e. The van der Waals surface area contributed by atoms with Crippen molar-refractivity contribution in [3.63, 3.8) is 0 Å². The molecule has 6 nitrogen and oxygen atoms in total. The van der Waals surface area contributed by atoms with Gasteiger partial charge in [0, 0.05) is 25.7 Å². The molecule has 2 N–H and O–H groups in total. The fourth-order valence-electron chi connectivity index (χ4n) is 4.73. The van der Waals surface area contributed by atoms with Gasteiger partial charge in [-0.2, -0.15) is 0 Å². The van der Waals surface area contributed by atoms with Crippen LogP contribution in [0.4, 0.5) is 0 Å². The Labute approximate surface area is 193 Å². The zero-order chi connectivity index (χ0) is 23.3. The van der Waals surface area contributed by atoms with Gasteiger partial charge < -0.3 is 19.7 Å². The van der Waals surface area contributed by atoms with Crippen LogP contribution in [0.1, 0.15) is 97.3 Å². The molecule has 32 heavy (non-hydrogen) atoms. The molecule has 2 rings (SSSR count). The molecular formula is C26H42O6. The summed E-state index contributed by atoms with van der Waals surface area (Å²) in [5, 5.41) is 21.1. The molecule has 0 radical (unpaired) electrons. The minimum absolute atomic E-state index is 0.122. The third kappa shape index (κ3) is 9.07. The van der Waals surface area contributed by atoms with Crippen LogP contribution in [0.2, 0.25) is 0 Å². The Morgan fingerprint density at radius 1 is 1.12 bits per heavy atom. The van der Waals surface area contributed by atoms with Crippen LogP contribution in [0.15, 0.2) is 23.5 Å². The van der Waals surface area contributed by atoms with Crippen molar-refractivity contribution in [2.75, 3.05) is 6.61 Å². The van der Waals surface area contributed by atoms with Gasteiger partial charge in [-0.05, 0) is 50.0 Å². The molecule has 182 valence electrons. The minimum atomic E-state index is -0.635. The maximum Gasteiger partial charge on any atom is 0.307 e. The molecular weight excluding hydrogens is 408 g/mol. The van der Waals surface area contributed by atoms with E-state index in [1.165, 1.54) is 19.8 Å². The van der Waals surface area contributed by atoms with Gasteiger partial charge in [0.1, 0.15) is 5.76 Å². The SMILES string of the molecule is CCCCOC(=O)CCCCCCC1=C(OC(C)=O)C[C@@H](O)C1/C=C/[C@@H](O)C1CCCC1. The molecule has 2 aliphatic rings. The normalized spacial score (nSPS) is 22.6. The van der Waals surface area contributed by atoms with Gasteiger partial charge in [-0.3, -0.25) is 9.59 Å². The van der Waals surface area contributed by atoms with E-state index in [0.717, 1.165) is 63.4 Å². The number of hydrogen-bond donors (Lipinski definition) is 2. The van der Waals surface area contributed by atoms with Gasteiger partial charge in [-0.25, -0.2) is 0 Å². The van der Waals surface area contributed by atoms with E-state index < -0.39 is 12.2 Å². The monoisotopic (exact) mass is 450 g/mol. The molecule has 0 spiro atoms. The van der Waals surface area contributed by atoms with Crippen molar-refractivity contribution in [1.82, 2.24) is 0 Å². The Balaban J connectivity index is 1.83. The summed E-state index contributed by atoms with van der Waals surface area (Å²) in [5.41, 5.74) is 0.960. The first kappa shape index (κ1) is 26.6. The predicted octanol–water partition coefficient (Wildman–Crippen LogP) is 4.98. The molecule has 0 amide bonds. The van der Waals surface area contributed by atoms with E-state index in [0.29, 0.717) is 31.1 Å². The lowest BCUT2D eigenvalue weighted by Gasteiger charge is -2.18. The maximum absolute atomic E-state index is 11.7. The average molecular weight is 451 g/mol. The Bertz CT molecular complexity index is 647. The Morgan fingerprint density at radius 3 is 2.53 bits per heavy atom. The van der Waals surface area contributed by atoms with E-state index in [-0.39, 0.29) is 17.9 Å². The number of ether oxygens (including phenoxy) is 2. The second-order valence-electron chi connectivity index (χ2n) is 9.25. The molecule has 6 heteroatoms. The van der Waals surface area contributed by atoms with Crippen molar-refractivity contribution >= 4 is 11.9 Å². The standard InChI is InChI=1S/C26H42O6/c1-3-4-17-31-26(30)14-8-6-5-7-13-22-21(24(29)18-25(22)32-19(2)27)15-16-23(28)20-11-9-10-12-20/h15-16,20-21,23-24,28-29H,3-14,17-18H2,1-2H3/b16-15+/t21?,23-,24-/m1/s1. The zero-order valence-electron chi connectivity index (χ0n) is 19.9. The number of rotatable bonds is 14. The third-order valence-electron chi connectivity index (χ3n) is 6.57. The number of aliphatic hydroxyl groups is 2. The van der Waals surface area contributed by atoms with E-state index in [9.17, 15) is 19.8 Å². The van der Waals surface area contributed by atoms with Crippen LogP contribution >= 0.6 is 0 Å². The summed E-state index contributed by atoms with van der Waals surface area (Å²) in [5.74, 6) is 0.160. The summed E-state index contributed by atoms with van der Waals surface area (Å²) in [4.78, 5) is 23.2. The molecule has 0 aliphatic heterocycles. The maximum atomic E-state index is 11.7. The van der Waals surface area contributed by atoms with Gasteiger partial charge in [0.05, 0.1) is 18.8 Å². The number of carbonyl (C=O) groups is 2. The third-order valence-corrected chi connectivity index (χ3v) is 6.57. The summed E-state index contributed by atoms with van der Waals surface area (Å²) in [6.07, 6.45) is 14.1. The summed E-state index contributed by atoms with van der Waals surface area (Å²) in [7, 11) is 0. The quantitative estimate of drug-likeness (QED) is 0.220. The fourth-order valence-corrected chi connectivity index (χ4v) is 4.73. The number of carbonyl (C=O) groups excluding carboxylic acids is 2. The van der Waals surface area contributed by atoms with Crippen molar-refractivity contribution in [2.24, 2.45) is 11.8 Å². The second-order valence-corrected chi connectivity index (χ2v) is 9.25. The van der Waals surface area contributed by atoms with Crippen LogP contribution in [-0.2, 0) is 19.1 Å². The zero-order valence-corrected chi connectivity index (χ0v) is 19.9. The van der Waals surface area contributed by atoms with Crippen LogP contribution in [-0.4, -0.2) is 41.0 Å². The molecule has 1 saturated carbocycles. The Hall–Kier alpha value is -1.66. The van der Waals surface area contributed by atoms with Gasteiger partial charge in [-0.1, -0.05) is 51.2 Å². The first-order valence-corrected chi connectivity index (χ1v) is 12.5. The molecule has 3 atom stereocenters. The highest BCUT2D eigenvalue weighted by atomic mass is 16.5. The summed E-state index contributed by atoms with van der Waals surface area (Å²) in [6, 6.07) is 0. The number of unbranched alkanes of at least 4 members (excludes halogenated alkanes) is 4. The first-order valence-electron chi connectivity index (χ1n) is 12.5. The minimum Gasteiger partial charge on any atom is -0.466 e. The van der Waals surface area contributed by atoms with E-state index >= 15 is 0 Å². The molecule has 0 saturated heterocycles. The average Bonchev–Trinajstić information content (AvgIpc) is 3.37. The number of esters is 2. The van der Waals surface area contributed by atoms with Crippen molar-refractivity contribution in [3.05, 3.63) is 23.5 Å². The summed E-state index contributed by atoms with van der Waals surface area (Å²) < 4.78 is 10.6. The highest BCUT2D eigenvalue weighted by molar-refractivity contribution is 5.69. The molecule has 1 unspecified atom stereocenters. The van der Waals surface area contributed by atoms with Crippen molar-refractivity contribution < 1.29 is 29.3 Å². The highest BCUT2D eigenvalue weighted by Crippen LogP contribution is 2.38. The lowest BCUT2D eigenvalue weighted by Crippen LogP contribution is -2.18.